The fourth-order valence-corrected chi connectivity index (χ4v) is 6.40. The monoisotopic (exact) mass is 747 g/mol. The molecule has 15 heteroatoms. The lowest BCUT2D eigenvalue weighted by Gasteiger charge is -2.27. The number of ether oxygens (including phenoxy) is 3. The summed E-state index contributed by atoms with van der Waals surface area (Å²) in [6, 6.07) is 12.5. The molecule has 1 unspecified atom stereocenters. The molecule has 0 aliphatic carbocycles. The zero-order valence-electron chi connectivity index (χ0n) is 31.8. The highest BCUT2D eigenvalue weighted by Crippen LogP contribution is 2.39. The van der Waals surface area contributed by atoms with Gasteiger partial charge in [0.15, 0.2) is 11.6 Å². The molecule has 0 bridgehead atoms. The summed E-state index contributed by atoms with van der Waals surface area (Å²) in [5.74, 6) is 0.210. The van der Waals surface area contributed by atoms with Crippen molar-refractivity contribution < 1.29 is 32.2 Å². The smallest absolute Gasteiger partial charge is 0.410 e. The van der Waals surface area contributed by atoms with Crippen LogP contribution in [0.25, 0.3) is 11.0 Å². The quantitative estimate of drug-likeness (QED) is 0.172. The van der Waals surface area contributed by atoms with Crippen LogP contribution in [0.15, 0.2) is 48.8 Å². The van der Waals surface area contributed by atoms with Crippen LogP contribution in [0.5, 0.6) is 5.75 Å². The van der Waals surface area contributed by atoms with Gasteiger partial charge in [-0.2, -0.15) is 0 Å². The normalized spacial score (nSPS) is 15.4. The van der Waals surface area contributed by atoms with E-state index in [2.05, 4.69) is 25.3 Å². The summed E-state index contributed by atoms with van der Waals surface area (Å²) in [5.41, 5.74) is 4.17. The third-order valence-corrected chi connectivity index (χ3v) is 9.07. The summed E-state index contributed by atoms with van der Waals surface area (Å²) < 4.78 is 43.9. The average Bonchev–Trinajstić information content (AvgIpc) is 3.29. The van der Waals surface area contributed by atoms with Gasteiger partial charge in [0.25, 0.3) is 5.91 Å². The van der Waals surface area contributed by atoms with Crippen molar-refractivity contribution in [3.63, 3.8) is 0 Å². The van der Waals surface area contributed by atoms with E-state index in [1.165, 1.54) is 13.4 Å². The Morgan fingerprint density at radius 1 is 1.00 bits per heavy atom. The third-order valence-electron chi connectivity index (χ3n) is 8.48. The molecule has 1 atom stereocenters. The Morgan fingerprint density at radius 3 is 2.42 bits per heavy atom. The van der Waals surface area contributed by atoms with E-state index in [1.54, 1.807) is 29.2 Å². The number of anilines is 4. The molecular formula is C38H49N7O7S. The molecule has 284 valence electrons. The molecule has 4 aromatic rings. The summed E-state index contributed by atoms with van der Waals surface area (Å²) in [6.45, 7) is 15.2. The second-order valence-corrected chi connectivity index (χ2v) is 17.1. The number of amides is 2. The number of carbonyl (C=O) groups excluding carboxylic acids is 2. The number of methoxy groups -OCH3 is 1. The molecule has 3 heterocycles. The van der Waals surface area contributed by atoms with Crippen molar-refractivity contribution in [3.05, 3.63) is 71.2 Å². The van der Waals surface area contributed by atoms with Crippen molar-refractivity contribution in [1.29, 1.82) is 0 Å². The molecule has 0 spiro atoms. The maximum Gasteiger partial charge on any atom is 0.410 e. The van der Waals surface area contributed by atoms with E-state index in [0.717, 1.165) is 23.1 Å². The highest BCUT2D eigenvalue weighted by molar-refractivity contribution is 7.92. The third kappa shape index (κ3) is 10.3. The largest absolute Gasteiger partial charge is 0.492 e. The molecule has 3 N–H and O–H groups in total. The van der Waals surface area contributed by atoms with Gasteiger partial charge in [-0.1, -0.05) is 26.8 Å². The first-order chi connectivity index (χ1) is 24.8. The second-order valence-electron chi connectivity index (χ2n) is 15.3. The number of aryl methyl sites for hydroxylation is 1. The Kier molecular flexibility index (Phi) is 11.5. The van der Waals surface area contributed by atoms with Crippen molar-refractivity contribution in [2.24, 2.45) is 5.92 Å². The van der Waals surface area contributed by atoms with Gasteiger partial charge in [0.2, 0.25) is 10.0 Å². The van der Waals surface area contributed by atoms with E-state index in [0.29, 0.717) is 66.5 Å². The summed E-state index contributed by atoms with van der Waals surface area (Å²) >= 11 is 0. The number of pyridine rings is 1. The van der Waals surface area contributed by atoms with E-state index in [1.807, 2.05) is 66.7 Å². The molecule has 1 fully saturated rings. The van der Waals surface area contributed by atoms with E-state index in [-0.39, 0.29) is 28.9 Å². The molecule has 14 nitrogen and oxygen atoms in total. The topological polar surface area (TPSA) is 174 Å². The maximum atomic E-state index is 13.7. The number of nitrogens with one attached hydrogen (secondary N) is 3. The van der Waals surface area contributed by atoms with Crippen LogP contribution in [0.2, 0.25) is 0 Å². The number of aromatic nitrogens is 3. The Bertz CT molecular complexity index is 2110. The van der Waals surface area contributed by atoms with Crippen LogP contribution in [-0.4, -0.2) is 85.5 Å². The van der Waals surface area contributed by atoms with Gasteiger partial charge < -0.3 is 29.7 Å². The van der Waals surface area contributed by atoms with Crippen molar-refractivity contribution in [1.82, 2.24) is 19.9 Å². The first-order valence-electron chi connectivity index (χ1n) is 17.4. The van der Waals surface area contributed by atoms with Crippen LogP contribution < -0.4 is 20.1 Å². The Morgan fingerprint density at radius 2 is 1.74 bits per heavy atom. The van der Waals surface area contributed by atoms with E-state index >= 15 is 0 Å². The highest BCUT2D eigenvalue weighted by Gasteiger charge is 2.28. The first kappa shape index (κ1) is 39.2. The fraction of sp³-hybridized carbons (Fsp3) is 0.447. The van der Waals surface area contributed by atoms with Crippen LogP contribution in [0, 0.1) is 12.8 Å². The van der Waals surface area contributed by atoms with Crippen molar-refractivity contribution >= 4 is 55.9 Å². The number of sulfonamides is 1. The van der Waals surface area contributed by atoms with Gasteiger partial charge in [0.05, 0.1) is 43.5 Å². The zero-order valence-corrected chi connectivity index (χ0v) is 32.6. The number of hydrogen-bond acceptors (Lipinski definition) is 11. The Balaban J connectivity index is 1.39. The van der Waals surface area contributed by atoms with Gasteiger partial charge in [-0.25, -0.2) is 28.2 Å². The molecular weight excluding hydrogens is 699 g/mol. The van der Waals surface area contributed by atoms with Crippen LogP contribution in [0.3, 0.4) is 0 Å². The van der Waals surface area contributed by atoms with Gasteiger partial charge in [-0.05, 0) is 87.1 Å². The minimum atomic E-state index is -3.64. The number of nitrogens with zero attached hydrogens (tertiary/aromatic N) is 4. The van der Waals surface area contributed by atoms with Gasteiger partial charge in [0, 0.05) is 36.0 Å². The number of hydrogen-bond donors (Lipinski definition) is 3. The molecule has 2 aromatic carbocycles. The molecule has 5 rings (SSSR count). The van der Waals surface area contributed by atoms with Crippen molar-refractivity contribution in [3.8, 4) is 5.75 Å². The molecule has 0 saturated carbocycles. The molecule has 53 heavy (non-hydrogen) atoms. The van der Waals surface area contributed by atoms with E-state index < -0.39 is 21.5 Å². The predicted molar refractivity (Wildman–Crippen MR) is 206 cm³/mol. The lowest BCUT2D eigenvalue weighted by molar-refractivity contribution is 0.0233. The number of benzene rings is 2. The minimum Gasteiger partial charge on any atom is -0.492 e. The summed E-state index contributed by atoms with van der Waals surface area (Å²) in [5, 5.41) is 6.28. The predicted octanol–water partition coefficient (Wildman–Crippen LogP) is 6.43. The lowest BCUT2D eigenvalue weighted by Crippen LogP contribution is -2.40. The highest BCUT2D eigenvalue weighted by atomic mass is 32.2. The van der Waals surface area contributed by atoms with Crippen LogP contribution in [-0.2, 0) is 31.3 Å². The molecule has 1 aliphatic heterocycles. The van der Waals surface area contributed by atoms with Gasteiger partial charge in [-0.3, -0.25) is 9.52 Å². The number of carbonyl (C=O) groups is 2. The van der Waals surface area contributed by atoms with Crippen LogP contribution in [0.1, 0.15) is 68.7 Å². The lowest BCUT2D eigenvalue weighted by atomic mass is 9.86. The maximum absolute atomic E-state index is 13.7. The Hall–Kier alpha value is -5.02. The SMILES string of the molecule is COc1c(NC(=O)c2ccc(C)c(Nc3ncnc4ccc(CC5COCCN(C(=O)OC(C)(C)C)C5)nc34)c2)cc(C(C)(C)C)cc1NS(C)(=O)=O. The number of rotatable bonds is 9. The second kappa shape index (κ2) is 15.5. The standard InChI is InChI=1S/C38H49N7O7S/c1-23-10-11-25(35(46)43-30-18-26(37(2,3)4)19-31(33(30)50-8)44-53(9,48)49)17-29(23)42-34-32-28(39-22-40-34)13-12-27(41-32)16-24-20-45(14-15-51-21-24)36(47)52-38(5,6)7/h10-13,17-19,22,24,44H,14-16,20-21H2,1-9H3,(H,43,46)(H,39,40,42). The minimum absolute atomic E-state index is 0.00519. The van der Waals surface area contributed by atoms with E-state index in [9.17, 15) is 18.0 Å². The average molecular weight is 748 g/mol. The summed E-state index contributed by atoms with van der Waals surface area (Å²) in [6.07, 6.45) is 2.70. The van der Waals surface area contributed by atoms with E-state index in [4.69, 9.17) is 19.2 Å². The van der Waals surface area contributed by atoms with Gasteiger partial charge in [0.1, 0.15) is 17.4 Å². The number of fused-ring (bicyclic) bond motifs is 1. The van der Waals surface area contributed by atoms with Crippen LogP contribution >= 0.6 is 0 Å². The Labute approximate surface area is 311 Å². The van der Waals surface area contributed by atoms with Crippen LogP contribution in [0.4, 0.5) is 27.7 Å². The molecule has 0 radical (unpaired) electrons. The fourth-order valence-electron chi connectivity index (χ4n) is 5.85. The summed E-state index contributed by atoms with van der Waals surface area (Å²) in [4.78, 5) is 42.1. The molecule has 2 aromatic heterocycles. The van der Waals surface area contributed by atoms with Crippen molar-refractivity contribution in [2.45, 2.75) is 65.9 Å². The first-order valence-corrected chi connectivity index (χ1v) is 19.2. The summed E-state index contributed by atoms with van der Waals surface area (Å²) in [7, 11) is -2.22. The molecule has 1 saturated heterocycles. The van der Waals surface area contributed by atoms with Gasteiger partial charge >= 0.3 is 6.09 Å². The van der Waals surface area contributed by atoms with Gasteiger partial charge in [-0.15, -0.1) is 0 Å². The zero-order chi connectivity index (χ0) is 38.7. The molecule has 2 amide bonds. The van der Waals surface area contributed by atoms with Crippen molar-refractivity contribution in [2.75, 3.05) is 55.0 Å². The molecule has 1 aliphatic rings.